The van der Waals surface area contributed by atoms with Crippen molar-refractivity contribution in [2.45, 2.75) is 149 Å². The van der Waals surface area contributed by atoms with Crippen molar-refractivity contribution in [3.8, 4) is 57.1 Å². The quantitative estimate of drug-likeness (QED) is 0.0583. The number of hydrogen-bond donors (Lipinski definition) is 0. The van der Waals surface area contributed by atoms with Gasteiger partial charge >= 0.3 is 0 Å². The van der Waals surface area contributed by atoms with Crippen molar-refractivity contribution in [1.82, 2.24) is 0 Å². The molecule has 0 N–H and O–H groups in total. The second-order valence-corrected chi connectivity index (χ2v) is 25.2. The van der Waals surface area contributed by atoms with E-state index in [-0.39, 0.29) is 30.6 Å². The first-order chi connectivity index (χ1) is 37.7. The lowest BCUT2D eigenvalue weighted by Crippen LogP contribution is -2.52. The third-order valence-electron chi connectivity index (χ3n) is 16.3. The van der Waals surface area contributed by atoms with Gasteiger partial charge in [0.15, 0.2) is 0 Å². The molecule has 11 heteroatoms. The van der Waals surface area contributed by atoms with Crippen molar-refractivity contribution in [2.24, 2.45) is 0 Å². The van der Waals surface area contributed by atoms with Crippen molar-refractivity contribution >= 4 is 19.7 Å². The van der Waals surface area contributed by atoms with E-state index in [1.54, 1.807) is 84.9 Å². The van der Waals surface area contributed by atoms with Gasteiger partial charge in [-0.1, -0.05) is 97.0 Å². The third-order valence-corrected chi connectivity index (χ3v) is 19.9. The normalized spacial score (nSPS) is 13.0. The summed E-state index contributed by atoms with van der Waals surface area (Å²) in [4.78, 5) is 0.844. The Labute approximate surface area is 469 Å². The maximum atomic E-state index is 14.0. The molecule has 0 saturated carbocycles. The monoisotopic (exact) mass is 1100 g/mol. The molecule has 1 atom stereocenters. The Bertz CT molecular complexity index is 3500. The summed E-state index contributed by atoms with van der Waals surface area (Å²) in [5.41, 5.74) is 2.81. The standard InChI is InChI=1S/C68H74O9S2/c1-11-65(7,8)76-59-35-33-56(34-36-59)74-54-29-31-55(32-30-54)75-58-39-47-64(48-40-58)79(71,72)62-43-23-52(24-44-62)68(15-5,16-6)67(10,14-4)77-60-27-19-50(20-28-60)49-17-25-53(26-18-49)73-57-37-45-63(46-38-57)78(69,70)61-41-21-51(22-42-61)66(9,12-2)13-3/h17-48H,11-16H2,1-10H3. The third kappa shape index (κ3) is 12.7. The number of ether oxygens (including phenoxy) is 5. The highest BCUT2D eigenvalue weighted by Gasteiger charge is 2.48. The Balaban J connectivity index is 0.872. The predicted octanol–water partition coefficient (Wildman–Crippen LogP) is 18.3. The molecule has 0 aliphatic heterocycles. The molecule has 0 bridgehead atoms. The van der Waals surface area contributed by atoms with Crippen LogP contribution in [0.1, 0.15) is 119 Å². The van der Waals surface area contributed by atoms with Gasteiger partial charge in [0.25, 0.3) is 0 Å². The van der Waals surface area contributed by atoms with Crippen LogP contribution < -0.4 is 23.7 Å². The summed E-state index contributed by atoms with van der Waals surface area (Å²) in [5.74, 6) is 5.07. The molecule has 9 nitrogen and oxygen atoms in total. The molecular weight excluding hydrogens is 1020 g/mol. The molecule has 0 aliphatic carbocycles. The van der Waals surface area contributed by atoms with E-state index >= 15 is 0 Å². The molecule has 412 valence electrons. The maximum absolute atomic E-state index is 14.0. The lowest BCUT2D eigenvalue weighted by molar-refractivity contribution is -0.00828. The minimum absolute atomic E-state index is 0.00728. The van der Waals surface area contributed by atoms with Crippen molar-refractivity contribution < 1.29 is 40.5 Å². The van der Waals surface area contributed by atoms with Gasteiger partial charge in [0.1, 0.15) is 57.2 Å². The van der Waals surface area contributed by atoms with Gasteiger partial charge in [-0.2, -0.15) is 0 Å². The van der Waals surface area contributed by atoms with Crippen molar-refractivity contribution in [3.63, 3.8) is 0 Å². The summed E-state index contributed by atoms with van der Waals surface area (Å²) in [6.07, 6.45) is 5.07. The van der Waals surface area contributed by atoms with Gasteiger partial charge in [-0.3, -0.25) is 0 Å². The minimum Gasteiger partial charge on any atom is -0.488 e. The Hall–Kier alpha value is -7.34. The highest BCUT2D eigenvalue weighted by molar-refractivity contribution is 7.91. The van der Waals surface area contributed by atoms with E-state index in [1.165, 1.54) is 0 Å². The first-order valence-electron chi connectivity index (χ1n) is 27.5. The lowest BCUT2D eigenvalue weighted by atomic mass is 9.63. The fourth-order valence-electron chi connectivity index (χ4n) is 10.2. The molecule has 8 aromatic rings. The second-order valence-electron chi connectivity index (χ2n) is 21.3. The first kappa shape index (κ1) is 57.8. The zero-order valence-electron chi connectivity index (χ0n) is 47.2. The summed E-state index contributed by atoms with van der Waals surface area (Å²) in [6, 6.07) is 58.1. The number of benzene rings is 8. The summed E-state index contributed by atoms with van der Waals surface area (Å²) in [5, 5.41) is 0. The molecule has 0 fully saturated rings. The fraction of sp³-hybridized carbons (Fsp3) is 0.294. The van der Waals surface area contributed by atoms with Gasteiger partial charge in [0, 0.05) is 5.41 Å². The smallest absolute Gasteiger partial charge is 0.206 e. The predicted molar refractivity (Wildman–Crippen MR) is 316 cm³/mol. The van der Waals surface area contributed by atoms with Crippen molar-refractivity contribution in [1.29, 1.82) is 0 Å². The van der Waals surface area contributed by atoms with Gasteiger partial charge < -0.3 is 23.7 Å². The summed E-state index contributed by atoms with van der Waals surface area (Å²) >= 11 is 0. The molecule has 0 heterocycles. The number of hydrogen-bond acceptors (Lipinski definition) is 9. The van der Waals surface area contributed by atoms with Gasteiger partial charge in [-0.05, 0) is 233 Å². The topological polar surface area (TPSA) is 114 Å². The Morgan fingerprint density at radius 1 is 0.304 bits per heavy atom. The molecule has 0 radical (unpaired) electrons. The van der Waals surface area contributed by atoms with Crippen LogP contribution >= 0.6 is 0 Å². The number of rotatable bonds is 24. The van der Waals surface area contributed by atoms with Crippen LogP contribution in [0.4, 0.5) is 0 Å². The average molecular weight is 1100 g/mol. The molecule has 0 amide bonds. The van der Waals surface area contributed by atoms with Crippen molar-refractivity contribution in [2.75, 3.05) is 0 Å². The zero-order chi connectivity index (χ0) is 56.6. The van der Waals surface area contributed by atoms with E-state index in [0.717, 1.165) is 65.9 Å². The first-order valence-corrected chi connectivity index (χ1v) is 30.4. The fourth-order valence-corrected chi connectivity index (χ4v) is 12.7. The van der Waals surface area contributed by atoms with E-state index in [9.17, 15) is 16.8 Å². The van der Waals surface area contributed by atoms with Gasteiger partial charge in [0.2, 0.25) is 19.7 Å². The Kier molecular flexibility index (Phi) is 17.5. The maximum Gasteiger partial charge on any atom is 0.206 e. The largest absolute Gasteiger partial charge is 0.488 e. The average Bonchev–Trinajstić information content (AvgIpc) is 3.47. The molecule has 79 heavy (non-hydrogen) atoms. The van der Waals surface area contributed by atoms with E-state index < -0.39 is 30.7 Å². The van der Waals surface area contributed by atoms with E-state index in [1.807, 2.05) is 109 Å². The molecule has 0 saturated heterocycles. The summed E-state index contributed by atoms with van der Waals surface area (Å²) in [7, 11) is -7.54. The molecule has 8 rings (SSSR count). The Morgan fingerprint density at radius 3 is 0.899 bits per heavy atom. The highest BCUT2D eigenvalue weighted by atomic mass is 32.2. The molecule has 8 aromatic carbocycles. The van der Waals surface area contributed by atoms with Crippen LogP contribution in [-0.2, 0) is 30.5 Å². The van der Waals surface area contributed by atoms with Crippen LogP contribution in [0.15, 0.2) is 214 Å². The van der Waals surface area contributed by atoms with E-state index in [0.29, 0.717) is 40.9 Å². The van der Waals surface area contributed by atoms with E-state index in [2.05, 4.69) is 69.2 Å². The molecule has 0 aromatic heterocycles. The highest BCUT2D eigenvalue weighted by Crippen LogP contribution is 2.47. The summed E-state index contributed by atoms with van der Waals surface area (Å²) in [6.45, 7) is 21.3. The van der Waals surface area contributed by atoms with Crippen LogP contribution in [0.25, 0.3) is 11.1 Å². The van der Waals surface area contributed by atoms with Crippen LogP contribution in [0.2, 0.25) is 0 Å². The molecular formula is C68H74O9S2. The van der Waals surface area contributed by atoms with Gasteiger partial charge in [0.05, 0.1) is 19.6 Å². The lowest BCUT2D eigenvalue weighted by Gasteiger charge is -2.48. The molecule has 0 aliphatic rings. The van der Waals surface area contributed by atoms with Crippen LogP contribution in [0, 0.1) is 0 Å². The number of sulfone groups is 2. The summed E-state index contributed by atoms with van der Waals surface area (Å²) < 4.78 is 86.3. The van der Waals surface area contributed by atoms with Crippen LogP contribution in [-0.4, -0.2) is 28.0 Å². The van der Waals surface area contributed by atoms with E-state index in [4.69, 9.17) is 23.7 Å². The van der Waals surface area contributed by atoms with Gasteiger partial charge in [-0.15, -0.1) is 0 Å². The molecule has 1 unspecified atom stereocenters. The van der Waals surface area contributed by atoms with Crippen LogP contribution in [0.3, 0.4) is 0 Å². The molecule has 0 spiro atoms. The van der Waals surface area contributed by atoms with Gasteiger partial charge in [-0.25, -0.2) is 16.8 Å². The zero-order valence-corrected chi connectivity index (χ0v) is 48.8. The second kappa shape index (κ2) is 23.9. The van der Waals surface area contributed by atoms with Crippen molar-refractivity contribution in [3.05, 3.63) is 205 Å². The van der Waals surface area contributed by atoms with Crippen LogP contribution in [0.5, 0.6) is 46.0 Å². The SMILES string of the molecule is CCC(C)(C)Oc1ccc(Oc2ccc(Oc3ccc(S(=O)(=O)c4ccc(C(CC)(CC)C(C)(CC)Oc5ccc(-c6ccc(Oc7ccc(S(=O)(=O)c8ccc(C(C)(CC)CC)cc8)cc7)cc6)cc5)cc4)cc3)cc2)cc1. The Morgan fingerprint density at radius 2 is 0.582 bits per heavy atom. The minimum atomic E-state index is -3.84.